The third-order valence-electron chi connectivity index (χ3n) is 3.36. The largest absolute Gasteiger partial charge is 0.394 e. The van der Waals surface area contributed by atoms with Gasteiger partial charge in [-0.05, 0) is 25.7 Å². The molecule has 0 aromatic carbocycles. The highest BCUT2D eigenvalue weighted by Gasteiger charge is 2.28. The fraction of sp³-hybridized carbons (Fsp3) is 1.00. The van der Waals surface area contributed by atoms with Gasteiger partial charge in [0, 0.05) is 18.7 Å². The maximum atomic E-state index is 9.33. The number of ether oxygens (including phenoxy) is 1. The van der Waals surface area contributed by atoms with Crippen LogP contribution >= 0.6 is 0 Å². The van der Waals surface area contributed by atoms with Crippen LogP contribution in [-0.4, -0.2) is 36.5 Å². The van der Waals surface area contributed by atoms with Crippen LogP contribution in [0.15, 0.2) is 0 Å². The van der Waals surface area contributed by atoms with Gasteiger partial charge in [-0.3, -0.25) is 0 Å². The van der Waals surface area contributed by atoms with Gasteiger partial charge >= 0.3 is 0 Å². The summed E-state index contributed by atoms with van der Waals surface area (Å²) in [6.07, 6.45) is 2.66. The standard InChI is InChI=1S/C11H23NO2/c1-9(2)11(3,8-13)12-7-10-5-4-6-14-10/h9-10,12-13H,4-8H2,1-3H3. The molecule has 0 aromatic heterocycles. The number of nitrogens with one attached hydrogen (secondary N) is 1. The molecule has 2 atom stereocenters. The summed E-state index contributed by atoms with van der Waals surface area (Å²) in [6, 6.07) is 0. The van der Waals surface area contributed by atoms with Gasteiger partial charge in [-0.1, -0.05) is 13.8 Å². The molecule has 0 saturated carbocycles. The molecule has 3 heteroatoms. The Bertz CT molecular complexity index is 167. The molecule has 2 unspecified atom stereocenters. The highest BCUT2D eigenvalue weighted by molar-refractivity contribution is 4.87. The molecule has 0 amide bonds. The Hall–Kier alpha value is -0.120. The Morgan fingerprint density at radius 3 is 2.71 bits per heavy atom. The van der Waals surface area contributed by atoms with Gasteiger partial charge in [-0.15, -0.1) is 0 Å². The molecule has 1 aliphatic rings. The molecular weight excluding hydrogens is 178 g/mol. The van der Waals surface area contributed by atoms with Gasteiger partial charge in [-0.25, -0.2) is 0 Å². The van der Waals surface area contributed by atoms with Gasteiger partial charge < -0.3 is 15.2 Å². The van der Waals surface area contributed by atoms with E-state index in [0.717, 1.165) is 19.6 Å². The molecule has 1 rings (SSSR count). The van der Waals surface area contributed by atoms with Gasteiger partial charge in [0.05, 0.1) is 12.7 Å². The average Bonchev–Trinajstić information content (AvgIpc) is 2.66. The van der Waals surface area contributed by atoms with Crippen LogP contribution in [0.1, 0.15) is 33.6 Å². The maximum absolute atomic E-state index is 9.33. The van der Waals surface area contributed by atoms with Crippen molar-refractivity contribution >= 4 is 0 Å². The molecule has 0 bridgehead atoms. The zero-order valence-corrected chi connectivity index (χ0v) is 9.55. The molecule has 84 valence electrons. The smallest absolute Gasteiger partial charge is 0.0700 e. The summed E-state index contributed by atoms with van der Waals surface area (Å²) in [7, 11) is 0. The molecule has 3 nitrogen and oxygen atoms in total. The average molecular weight is 201 g/mol. The molecule has 0 aliphatic carbocycles. The minimum Gasteiger partial charge on any atom is -0.394 e. The van der Waals surface area contributed by atoms with E-state index in [1.165, 1.54) is 6.42 Å². The van der Waals surface area contributed by atoms with Crippen molar-refractivity contribution in [2.75, 3.05) is 19.8 Å². The Labute approximate surface area is 86.8 Å². The molecule has 1 saturated heterocycles. The summed E-state index contributed by atoms with van der Waals surface area (Å²) in [5.74, 6) is 0.425. The van der Waals surface area contributed by atoms with Gasteiger partial charge in [0.1, 0.15) is 0 Å². The van der Waals surface area contributed by atoms with Gasteiger partial charge in [-0.2, -0.15) is 0 Å². The molecule has 1 fully saturated rings. The molecular formula is C11H23NO2. The molecule has 1 heterocycles. The molecule has 2 N–H and O–H groups in total. The third kappa shape index (κ3) is 2.94. The van der Waals surface area contributed by atoms with E-state index in [1.54, 1.807) is 0 Å². The summed E-state index contributed by atoms with van der Waals surface area (Å²) >= 11 is 0. The van der Waals surface area contributed by atoms with E-state index < -0.39 is 0 Å². The highest BCUT2D eigenvalue weighted by atomic mass is 16.5. The first kappa shape index (κ1) is 12.0. The van der Waals surface area contributed by atoms with E-state index in [4.69, 9.17) is 4.74 Å². The normalized spacial score (nSPS) is 26.8. The predicted molar refractivity (Wildman–Crippen MR) is 57.3 cm³/mol. The summed E-state index contributed by atoms with van der Waals surface area (Å²) < 4.78 is 5.53. The lowest BCUT2D eigenvalue weighted by atomic mass is 9.89. The molecule has 0 aromatic rings. The zero-order valence-electron chi connectivity index (χ0n) is 9.55. The van der Waals surface area contributed by atoms with Crippen LogP contribution in [0.4, 0.5) is 0 Å². The van der Waals surface area contributed by atoms with Crippen LogP contribution in [0.2, 0.25) is 0 Å². The number of rotatable bonds is 5. The fourth-order valence-electron chi connectivity index (χ4n) is 1.59. The first-order valence-electron chi connectivity index (χ1n) is 5.56. The fourth-order valence-corrected chi connectivity index (χ4v) is 1.59. The predicted octanol–water partition coefficient (Wildman–Crippen LogP) is 1.16. The van der Waals surface area contributed by atoms with Crippen LogP contribution in [0.25, 0.3) is 0 Å². The second-order valence-corrected chi connectivity index (χ2v) is 4.75. The second-order valence-electron chi connectivity index (χ2n) is 4.75. The van der Waals surface area contributed by atoms with E-state index >= 15 is 0 Å². The van der Waals surface area contributed by atoms with Crippen molar-refractivity contribution in [3.8, 4) is 0 Å². The van der Waals surface area contributed by atoms with Gasteiger partial charge in [0.2, 0.25) is 0 Å². The Morgan fingerprint density at radius 1 is 1.57 bits per heavy atom. The minimum absolute atomic E-state index is 0.175. The summed E-state index contributed by atoms with van der Waals surface area (Å²) in [5, 5.41) is 12.7. The Balaban J connectivity index is 2.32. The number of hydrogen-bond donors (Lipinski definition) is 2. The maximum Gasteiger partial charge on any atom is 0.0700 e. The van der Waals surface area contributed by atoms with Crippen molar-refractivity contribution in [2.45, 2.75) is 45.3 Å². The third-order valence-corrected chi connectivity index (χ3v) is 3.36. The number of aliphatic hydroxyl groups excluding tert-OH is 1. The lowest BCUT2D eigenvalue weighted by Gasteiger charge is -2.34. The Morgan fingerprint density at radius 2 is 2.29 bits per heavy atom. The van der Waals surface area contributed by atoms with E-state index in [1.807, 2.05) is 0 Å². The lowest BCUT2D eigenvalue weighted by molar-refractivity contribution is 0.0790. The summed E-state index contributed by atoms with van der Waals surface area (Å²) in [5.41, 5.74) is -0.175. The van der Waals surface area contributed by atoms with E-state index in [0.29, 0.717) is 12.0 Å². The quantitative estimate of drug-likeness (QED) is 0.701. The van der Waals surface area contributed by atoms with E-state index in [2.05, 4.69) is 26.1 Å². The van der Waals surface area contributed by atoms with Gasteiger partial charge in [0.15, 0.2) is 0 Å². The van der Waals surface area contributed by atoms with Crippen LogP contribution in [0, 0.1) is 5.92 Å². The molecule has 1 aliphatic heterocycles. The Kier molecular flexibility index (Phi) is 4.35. The molecule has 14 heavy (non-hydrogen) atoms. The van der Waals surface area contributed by atoms with Crippen molar-refractivity contribution in [3.63, 3.8) is 0 Å². The van der Waals surface area contributed by atoms with Crippen molar-refractivity contribution in [1.82, 2.24) is 5.32 Å². The van der Waals surface area contributed by atoms with Crippen molar-refractivity contribution in [3.05, 3.63) is 0 Å². The van der Waals surface area contributed by atoms with Crippen LogP contribution in [-0.2, 0) is 4.74 Å². The minimum atomic E-state index is -0.175. The molecule has 0 radical (unpaired) electrons. The van der Waals surface area contributed by atoms with E-state index in [-0.39, 0.29) is 12.1 Å². The van der Waals surface area contributed by atoms with E-state index in [9.17, 15) is 5.11 Å². The van der Waals surface area contributed by atoms with Gasteiger partial charge in [0.25, 0.3) is 0 Å². The SMILES string of the molecule is CC(C)C(C)(CO)NCC1CCCO1. The topological polar surface area (TPSA) is 41.5 Å². The highest BCUT2D eigenvalue weighted by Crippen LogP contribution is 2.17. The first-order chi connectivity index (χ1) is 6.58. The molecule has 0 spiro atoms. The van der Waals surface area contributed by atoms with Crippen molar-refractivity contribution in [2.24, 2.45) is 5.92 Å². The number of hydrogen-bond acceptors (Lipinski definition) is 3. The lowest BCUT2D eigenvalue weighted by Crippen LogP contribution is -2.52. The van der Waals surface area contributed by atoms with Crippen LogP contribution in [0.5, 0.6) is 0 Å². The van der Waals surface area contributed by atoms with Crippen LogP contribution in [0.3, 0.4) is 0 Å². The van der Waals surface area contributed by atoms with Crippen molar-refractivity contribution < 1.29 is 9.84 Å². The summed E-state index contributed by atoms with van der Waals surface area (Å²) in [6.45, 7) is 8.24. The zero-order chi connectivity index (χ0) is 10.6. The first-order valence-corrected chi connectivity index (χ1v) is 5.56. The summed E-state index contributed by atoms with van der Waals surface area (Å²) in [4.78, 5) is 0. The second kappa shape index (κ2) is 5.10. The monoisotopic (exact) mass is 201 g/mol. The van der Waals surface area contributed by atoms with Crippen LogP contribution < -0.4 is 5.32 Å². The van der Waals surface area contributed by atoms with Crippen molar-refractivity contribution in [1.29, 1.82) is 0 Å². The number of aliphatic hydroxyl groups is 1.